The average Bonchev–Trinajstić information content (AvgIpc) is 3.47. The fourth-order valence-corrected chi connectivity index (χ4v) is 11.9. The maximum atomic E-state index is 12.6. The van der Waals surface area contributed by atoms with E-state index < -0.39 is 12.1 Å². The molecule has 0 aromatic rings. The molecule has 3 N–H and O–H groups in total. The van der Waals surface area contributed by atoms with Crippen molar-refractivity contribution in [1.82, 2.24) is 5.32 Å². The van der Waals surface area contributed by atoms with E-state index in [-0.39, 0.29) is 18.5 Å². The van der Waals surface area contributed by atoms with Gasteiger partial charge >= 0.3 is 5.97 Å². The average molecular weight is 1140 g/mol. The van der Waals surface area contributed by atoms with E-state index in [0.717, 1.165) is 44.9 Å². The number of unbranched alkanes of at least 4 members (excludes halogenated alkanes) is 55. The number of esters is 1. The minimum absolute atomic E-state index is 0.0130. The molecule has 2 atom stereocenters. The van der Waals surface area contributed by atoms with E-state index in [1.807, 2.05) is 0 Å². The van der Waals surface area contributed by atoms with Crippen LogP contribution in [0.5, 0.6) is 0 Å². The molecule has 0 saturated carbocycles. The van der Waals surface area contributed by atoms with Crippen LogP contribution in [0.1, 0.15) is 418 Å². The molecular formula is C75H145NO5. The largest absolute Gasteiger partial charge is 0.466 e. The number of amides is 1. The van der Waals surface area contributed by atoms with E-state index in [9.17, 15) is 19.8 Å². The number of nitrogens with one attached hydrogen (secondary N) is 1. The van der Waals surface area contributed by atoms with Crippen molar-refractivity contribution >= 4 is 11.9 Å². The lowest BCUT2D eigenvalue weighted by atomic mass is 10.0. The molecular weight excluding hydrogens is 995 g/mol. The summed E-state index contributed by atoms with van der Waals surface area (Å²) in [7, 11) is 0. The normalized spacial score (nSPS) is 12.6. The van der Waals surface area contributed by atoms with Crippen molar-refractivity contribution in [3.05, 3.63) is 24.3 Å². The third kappa shape index (κ3) is 67.3. The minimum atomic E-state index is -0.670. The molecule has 0 bridgehead atoms. The zero-order chi connectivity index (χ0) is 58.5. The first-order valence-corrected chi connectivity index (χ1v) is 37.1. The molecule has 0 aliphatic heterocycles. The second-order valence-electron chi connectivity index (χ2n) is 25.6. The van der Waals surface area contributed by atoms with E-state index in [4.69, 9.17) is 4.74 Å². The SMILES string of the molecule is CCCCCCCCCCCCCCCCCCCCCCCCCCC(O)C(CO)NC(=O)CCCCCCCCCCC/C=C\C/C=C\CCCCCCCCCCCOC(=O)CCCCCCCCCCCCCCCCC. The second kappa shape index (κ2) is 70.8. The summed E-state index contributed by atoms with van der Waals surface area (Å²) in [5.41, 5.74) is 0. The van der Waals surface area contributed by atoms with Crippen LogP contribution >= 0.6 is 0 Å². The lowest BCUT2D eigenvalue weighted by molar-refractivity contribution is -0.143. The fraction of sp³-hybridized carbons (Fsp3) is 0.920. The monoisotopic (exact) mass is 1140 g/mol. The Morgan fingerprint density at radius 1 is 0.346 bits per heavy atom. The molecule has 0 heterocycles. The van der Waals surface area contributed by atoms with Crippen molar-refractivity contribution in [3.8, 4) is 0 Å². The van der Waals surface area contributed by atoms with Gasteiger partial charge in [-0.05, 0) is 57.8 Å². The molecule has 0 rings (SSSR count). The maximum absolute atomic E-state index is 12.6. The van der Waals surface area contributed by atoms with Crippen LogP contribution in [0.3, 0.4) is 0 Å². The molecule has 0 aromatic heterocycles. The van der Waals surface area contributed by atoms with Crippen LogP contribution in [-0.4, -0.2) is 47.4 Å². The van der Waals surface area contributed by atoms with Crippen molar-refractivity contribution in [3.63, 3.8) is 0 Å². The number of aliphatic hydroxyl groups is 2. The van der Waals surface area contributed by atoms with Crippen LogP contribution in [0.25, 0.3) is 0 Å². The molecule has 6 nitrogen and oxygen atoms in total. The summed E-state index contributed by atoms with van der Waals surface area (Å²) >= 11 is 0. The first-order chi connectivity index (χ1) is 40.0. The fourth-order valence-electron chi connectivity index (χ4n) is 11.9. The molecule has 2 unspecified atom stereocenters. The summed E-state index contributed by atoms with van der Waals surface area (Å²) in [5.74, 6) is -0.0231. The first kappa shape index (κ1) is 79.3. The third-order valence-electron chi connectivity index (χ3n) is 17.5. The highest BCUT2D eigenvalue weighted by Gasteiger charge is 2.20. The summed E-state index contributed by atoms with van der Waals surface area (Å²) < 4.78 is 5.49. The van der Waals surface area contributed by atoms with E-state index >= 15 is 0 Å². The Morgan fingerprint density at radius 2 is 0.617 bits per heavy atom. The van der Waals surface area contributed by atoms with Gasteiger partial charge in [0, 0.05) is 12.8 Å². The summed E-state index contributed by atoms with van der Waals surface area (Å²) in [5, 5.41) is 23.4. The molecule has 0 fully saturated rings. The Balaban J connectivity index is 3.42. The lowest BCUT2D eigenvalue weighted by Gasteiger charge is -2.22. The van der Waals surface area contributed by atoms with Gasteiger partial charge in [0.15, 0.2) is 0 Å². The number of ether oxygens (including phenoxy) is 1. The van der Waals surface area contributed by atoms with Gasteiger partial charge in [-0.3, -0.25) is 9.59 Å². The van der Waals surface area contributed by atoms with Crippen LogP contribution < -0.4 is 5.32 Å². The number of aliphatic hydroxyl groups excluding tert-OH is 2. The highest BCUT2D eigenvalue weighted by atomic mass is 16.5. The molecule has 1 amide bonds. The third-order valence-corrected chi connectivity index (χ3v) is 17.5. The number of hydrogen-bond acceptors (Lipinski definition) is 5. The summed E-state index contributed by atoms with van der Waals surface area (Å²) in [6, 6.07) is -0.548. The topological polar surface area (TPSA) is 95.9 Å². The molecule has 81 heavy (non-hydrogen) atoms. The van der Waals surface area contributed by atoms with E-state index in [1.165, 1.54) is 340 Å². The van der Waals surface area contributed by atoms with Gasteiger partial charge in [0.25, 0.3) is 0 Å². The molecule has 0 aliphatic rings. The lowest BCUT2D eigenvalue weighted by Crippen LogP contribution is -2.45. The first-order valence-electron chi connectivity index (χ1n) is 37.1. The van der Waals surface area contributed by atoms with Crippen molar-refractivity contribution in [1.29, 1.82) is 0 Å². The summed E-state index contributed by atoms with van der Waals surface area (Å²) in [4.78, 5) is 24.6. The van der Waals surface area contributed by atoms with Crippen molar-refractivity contribution in [2.45, 2.75) is 431 Å². The Kier molecular flexibility index (Phi) is 69.4. The zero-order valence-electron chi connectivity index (χ0n) is 55.0. The Labute approximate surface area is 507 Å². The number of allylic oxidation sites excluding steroid dienone is 4. The number of hydrogen-bond donors (Lipinski definition) is 3. The van der Waals surface area contributed by atoms with Gasteiger partial charge in [-0.1, -0.05) is 372 Å². The van der Waals surface area contributed by atoms with Gasteiger partial charge in [-0.25, -0.2) is 0 Å². The maximum Gasteiger partial charge on any atom is 0.305 e. The Bertz CT molecular complexity index is 1270. The number of carbonyl (C=O) groups excluding carboxylic acids is 2. The van der Waals surface area contributed by atoms with Gasteiger partial charge in [-0.15, -0.1) is 0 Å². The Hall–Kier alpha value is -1.66. The number of rotatable bonds is 70. The van der Waals surface area contributed by atoms with Crippen molar-refractivity contribution in [2.75, 3.05) is 13.2 Å². The summed E-state index contributed by atoms with van der Waals surface area (Å²) in [6.45, 7) is 4.99. The van der Waals surface area contributed by atoms with Crippen LogP contribution in [0.2, 0.25) is 0 Å². The quantitative estimate of drug-likeness (QED) is 0.0320. The number of carbonyl (C=O) groups is 2. The van der Waals surface area contributed by atoms with Gasteiger partial charge in [0.1, 0.15) is 0 Å². The molecule has 0 aromatic carbocycles. The predicted octanol–water partition coefficient (Wildman–Crippen LogP) is 24.1. The van der Waals surface area contributed by atoms with Crippen LogP contribution in [0.4, 0.5) is 0 Å². The smallest absolute Gasteiger partial charge is 0.305 e. The van der Waals surface area contributed by atoms with E-state index in [1.54, 1.807) is 0 Å². The molecule has 6 heteroatoms. The zero-order valence-corrected chi connectivity index (χ0v) is 55.0. The van der Waals surface area contributed by atoms with Gasteiger partial charge in [0.05, 0.1) is 25.4 Å². The van der Waals surface area contributed by atoms with Crippen LogP contribution in [0.15, 0.2) is 24.3 Å². The standard InChI is InChI=1S/C75H145NO5/c1-3-5-7-9-11-13-15-17-19-20-21-22-23-27-30-33-36-40-43-47-51-55-59-63-67-73(78)72(71-77)76-74(79)68-64-60-56-52-48-44-41-37-34-31-28-25-24-26-29-32-35-38-42-46-50-54-58-62-66-70-81-75(80)69-65-61-57-53-49-45-39-18-16-14-12-10-8-6-4-2/h25-26,28-29,72-73,77-78H,3-24,27,30-71H2,1-2H3,(H,76,79)/b28-25-,29-26-. The van der Waals surface area contributed by atoms with Gasteiger partial charge in [-0.2, -0.15) is 0 Å². The van der Waals surface area contributed by atoms with Crippen molar-refractivity contribution < 1.29 is 24.5 Å². The molecule has 0 spiro atoms. The second-order valence-corrected chi connectivity index (χ2v) is 25.6. The highest BCUT2D eigenvalue weighted by Crippen LogP contribution is 2.19. The summed E-state index contributed by atoms with van der Waals surface area (Å²) in [6.07, 6.45) is 89.5. The minimum Gasteiger partial charge on any atom is -0.466 e. The molecule has 0 saturated heterocycles. The van der Waals surface area contributed by atoms with Gasteiger partial charge in [0.2, 0.25) is 5.91 Å². The van der Waals surface area contributed by atoms with Gasteiger partial charge < -0.3 is 20.3 Å². The Morgan fingerprint density at radius 3 is 0.938 bits per heavy atom. The van der Waals surface area contributed by atoms with Crippen LogP contribution in [0, 0.1) is 0 Å². The molecule has 480 valence electrons. The highest BCUT2D eigenvalue weighted by molar-refractivity contribution is 5.76. The molecule has 0 radical (unpaired) electrons. The van der Waals surface area contributed by atoms with E-state index in [0.29, 0.717) is 25.9 Å². The predicted molar refractivity (Wildman–Crippen MR) is 356 cm³/mol. The van der Waals surface area contributed by atoms with Crippen LogP contribution in [-0.2, 0) is 14.3 Å². The van der Waals surface area contributed by atoms with Crippen molar-refractivity contribution in [2.24, 2.45) is 0 Å². The molecule has 0 aliphatic carbocycles. The van der Waals surface area contributed by atoms with E-state index in [2.05, 4.69) is 43.5 Å².